The number of amides is 2. The minimum absolute atomic E-state index is 0.0575. The van der Waals surface area contributed by atoms with Gasteiger partial charge < -0.3 is 30.1 Å². The molecule has 0 radical (unpaired) electrons. The van der Waals surface area contributed by atoms with Gasteiger partial charge in [0.15, 0.2) is 9.84 Å². The summed E-state index contributed by atoms with van der Waals surface area (Å²) in [6.45, 7) is 8.28. The normalized spacial score (nSPS) is 21.0. The second kappa shape index (κ2) is 15.2. The number of carbonyl (C=O) groups excluding carboxylic acids is 2. The molecule has 1 aromatic carbocycles. The molecule has 2 amide bonds. The van der Waals surface area contributed by atoms with Crippen LogP contribution in [0.4, 0.5) is 0 Å². The molecular weight excluding hydrogens is 596 g/mol. The summed E-state index contributed by atoms with van der Waals surface area (Å²) in [5.74, 6) is -0.513. The zero-order valence-corrected chi connectivity index (χ0v) is 28.1. The Bertz CT molecular complexity index is 1500. The minimum Gasteiger partial charge on any atom is -0.390 e. The number of aliphatic hydroxyl groups is 1. The van der Waals surface area contributed by atoms with Gasteiger partial charge in [-0.05, 0) is 64.1 Å². The Balaban J connectivity index is 1.29. The van der Waals surface area contributed by atoms with Gasteiger partial charge in [-0.1, -0.05) is 18.2 Å². The van der Waals surface area contributed by atoms with E-state index in [1.165, 1.54) is 13.2 Å². The minimum atomic E-state index is -3.07. The van der Waals surface area contributed by atoms with E-state index < -0.39 is 15.9 Å². The largest absolute Gasteiger partial charge is 0.390 e. The standard InChI is InChI=1S/C32H50N6O6S/c1-22(2)38-30-9-7-6-8-24(30)16-29(32(38)42)31(41)34-25-17-26-10-11-27(18-25)37(26)20-28(40)19-36(23(3)39)15-14-35(4)13-12-33-21-45(5,43)44/h6-9,16,22,25-28,33,40H,10-15,17-21H2,1-5H3,(H,34,41)/t25?,26-,27+,28?. The summed E-state index contributed by atoms with van der Waals surface area (Å²) in [6.07, 6.45) is 3.93. The molecule has 45 heavy (non-hydrogen) atoms. The molecule has 1 aromatic heterocycles. The molecule has 2 fully saturated rings. The van der Waals surface area contributed by atoms with Crippen molar-refractivity contribution in [3.8, 4) is 0 Å². The van der Waals surface area contributed by atoms with Crippen molar-refractivity contribution in [3.05, 3.63) is 46.2 Å². The van der Waals surface area contributed by atoms with Gasteiger partial charge in [-0.2, -0.15) is 0 Å². The fourth-order valence-electron chi connectivity index (χ4n) is 6.78. The number of rotatable bonds is 15. The van der Waals surface area contributed by atoms with E-state index in [0.29, 0.717) is 32.7 Å². The van der Waals surface area contributed by atoms with Crippen molar-refractivity contribution >= 4 is 32.6 Å². The van der Waals surface area contributed by atoms with E-state index in [-0.39, 0.29) is 59.5 Å². The summed E-state index contributed by atoms with van der Waals surface area (Å²) < 4.78 is 24.2. The van der Waals surface area contributed by atoms with Gasteiger partial charge in [-0.15, -0.1) is 0 Å². The molecule has 2 bridgehead atoms. The number of nitrogens with one attached hydrogen (secondary N) is 2. The second-order valence-electron chi connectivity index (χ2n) is 13.1. The quantitative estimate of drug-likeness (QED) is 0.242. The number of fused-ring (bicyclic) bond motifs is 3. The molecule has 2 saturated heterocycles. The van der Waals surface area contributed by atoms with Crippen molar-refractivity contribution in [3.63, 3.8) is 0 Å². The van der Waals surface area contributed by atoms with E-state index in [0.717, 1.165) is 36.6 Å². The van der Waals surface area contributed by atoms with Gasteiger partial charge in [0.2, 0.25) is 5.91 Å². The molecular formula is C32H50N6O6S. The van der Waals surface area contributed by atoms with Gasteiger partial charge in [-0.25, -0.2) is 8.42 Å². The zero-order valence-electron chi connectivity index (χ0n) is 27.2. The molecule has 250 valence electrons. The zero-order chi connectivity index (χ0) is 32.9. The van der Waals surface area contributed by atoms with E-state index in [1.54, 1.807) is 15.5 Å². The van der Waals surface area contributed by atoms with Crippen LogP contribution in [0.3, 0.4) is 0 Å². The molecule has 2 aromatic rings. The highest BCUT2D eigenvalue weighted by Crippen LogP contribution is 2.36. The van der Waals surface area contributed by atoms with E-state index in [2.05, 4.69) is 15.5 Å². The number of aliphatic hydroxyl groups excluding tert-OH is 1. The third-order valence-corrected chi connectivity index (χ3v) is 9.74. The van der Waals surface area contributed by atoms with Gasteiger partial charge in [0, 0.05) is 76.6 Å². The highest BCUT2D eigenvalue weighted by molar-refractivity contribution is 7.90. The average Bonchev–Trinajstić information content (AvgIpc) is 3.18. The van der Waals surface area contributed by atoms with Gasteiger partial charge in [-0.3, -0.25) is 19.3 Å². The monoisotopic (exact) mass is 646 g/mol. The summed E-state index contributed by atoms with van der Waals surface area (Å²) in [4.78, 5) is 45.1. The van der Waals surface area contributed by atoms with Crippen LogP contribution < -0.4 is 16.2 Å². The molecule has 13 heteroatoms. The Morgan fingerprint density at radius 2 is 1.76 bits per heavy atom. The number of para-hydroxylation sites is 1. The predicted molar refractivity (Wildman–Crippen MR) is 176 cm³/mol. The molecule has 0 spiro atoms. The van der Waals surface area contributed by atoms with Crippen molar-refractivity contribution in [2.45, 2.75) is 76.7 Å². The fraction of sp³-hybridized carbons (Fsp3) is 0.656. The summed E-state index contributed by atoms with van der Waals surface area (Å²) in [7, 11) is -1.15. The number of likely N-dealkylation sites (N-methyl/N-ethyl adjacent to an activating group) is 1. The van der Waals surface area contributed by atoms with Crippen LogP contribution in [-0.2, 0) is 14.6 Å². The van der Waals surface area contributed by atoms with Crippen LogP contribution in [0.15, 0.2) is 35.1 Å². The number of aromatic nitrogens is 1. The Kier molecular flexibility index (Phi) is 11.8. The Morgan fingerprint density at radius 3 is 2.38 bits per heavy atom. The molecule has 0 aliphatic carbocycles. The first-order valence-electron chi connectivity index (χ1n) is 15.9. The van der Waals surface area contributed by atoms with Crippen LogP contribution in [0.5, 0.6) is 0 Å². The predicted octanol–water partition coefficient (Wildman–Crippen LogP) is 1.04. The maximum absolute atomic E-state index is 13.4. The first-order valence-corrected chi connectivity index (χ1v) is 18.0. The second-order valence-corrected chi connectivity index (χ2v) is 15.2. The topological polar surface area (TPSA) is 144 Å². The lowest BCUT2D eigenvalue weighted by atomic mass is 9.96. The lowest BCUT2D eigenvalue weighted by Crippen LogP contribution is -2.54. The van der Waals surface area contributed by atoms with Crippen LogP contribution in [-0.4, -0.2) is 127 Å². The number of benzene rings is 1. The summed E-state index contributed by atoms with van der Waals surface area (Å²) in [6, 6.07) is 9.59. The van der Waals surface area contributed by atoms with Gasteiger partial charge in [0.1, 0.15) is 5.56 Å². The maximum Gasteiger partial charge on any atom is 0.264 e. The number of pyridine rings is 1. The van der Waals surface area contributed by atoms with Crippen molar-refractivity contribution in [2.24, 2.45) is 0 Å². The summed E-state index contributed by atoms with van der Waals surface area (Å²) in [5.41, 5.74) is 0.691. The fourth-order valence-corrected chi connectivity index (χ4v) is 7.29. The van der Waals surface area contributed by atoms with Gasteiger partial charge in [0.25, 0.3) is 11.5 Å². The van der Waals surface area contributed by atoms with Crippen LogP contribution >= 0.6 is 0 Å². The SMILES string of the molecule is CC(=O)N(CCN(C)CCNCS(C)(=O)=O)CC(O)CN1[C@@H]2CC[C@H]1CC(NC(=O)c1cc3ccccc3n(C(C)C)c1=O)C2. The van der Waals surface area contributed by atoms with Crippen LogP contribution in [0.25, 0.3) is 10.9 Å². The van der Waals surface area contributed by atoms with Gasteiger partial charge >= 0.3 is 0 Å². The van der Waals surface area contributed by atoms with Crippen molar-refractivity contribution in [1.29, 1.82) is 0 Å². The average molecular weight is 647 g/mol. The van der Waals surface area contributed by atoms with E-state index in [1.807, 2.05) is 50.1 Å². The first kappa shape index (κ1) is 35.0. The van der Waals surface area contributed by atoms with Crippen molar-refractivity contribution in [1.82, 2.24) is 29.9 Å². The lowest BCUT2D eigenvalue weighted by molar-refractivity contribution is -0.130. The highest BCUT2D eigenvalue weighted by Gasteiger charge is 2.42. The highest BCUT2D eigenvalue weighted by atomic mass is 32.2. The number of piperidine rings is 1. The molecule has 4 atom stereocenters. The smallest absolute Gasteiger partial charge is 0.264 e. The molecule has 4 rings (SSSR count). The van der Waals surface area contributed by atoms with E-state index >= 15 is 0 Å². The van der Waals surface area contributed by atoms with Crippen LogP contribution in [0.1, 0.15) is 62.9 Å². The first-order chi connectivity index (χ1) is 21.2. The number of hydrogen-bond donors (Lipinski definition) is 3. The molecule has 2 aliphatic heterocycles. The number of nitrogens with zero attached hydrogens (tertiary/aromatic N) is 4. The molecule has 3 heterocycles. The Morgan fingerprint density at radius 1 is 1.09 bits per heavy atom. The summed E-state index contributed by atoms with van der Waals surface area (Å²) in [5, 5.41) is 17.9. The van der Waals surface area contributed by atoms with Gasteiger partial charge in [0.05, 0.1) is 17.5 Å². The third-order valence-electron chi connectivity index (χ3n) is 9.01. The Labute approximate surface area is 266 Å². The molecule has 12 nitrogen and oxygen atoms in total. The van der Waals surface area contributed by atoms with E-state index in [9.17, 15) is 27.9 Å². The third kappa shape index (κ3) is 9.35. The Hall–Kier alpha value is -2.84. The molecule has 0 saturated carbocycles. The van der Waals surface area contributed by atoms with E-state index in [4.69, 9.17) is 0 Å². The molecule has 2 aliphatic rings. The number of carbonyl (C=O) groups is 2. The lowest BCUT2D eigenvalue weighted by Gasteiger charge is -2.40. The number of hydrogen-bond acceptors (Lipinski definition) is 9. The van der Waals surface area contributed by atoms with Crippen molar-refractivity contribution < 1.29 is 23.1 Å². The molecule has 2 unspecified atom stereocenters. The molecule has 3 N–H and O–H groups in total. The summed E-state index contributed by atoms with van der Waals surface area (Å²) >= 11 is 0. The number of sulfone groups is 1. The maximum atomic E-state index is 13.4. The van der Waals surface area contributed by atoms with Crippen LogP contribution in [0.2, 0.25) is 0 Å². The van der Waals surface area contributed by atoms with Crippen LogP contribution in [0, 0.1) is 0 Å². The van der Waals surface area contributed by atoms with Crippen molar-refractivity contribution in [2.75, 3.05) is 58.4 Å².